The molecule has 1 saturated carbocycles. The van der Waals surface area contributed by atoms with Crippen molar-refractivity contribution in [1.29, 1.82) is 0 Å². The van der Waals surface area contributed by atoms with Crippen LogP contribution in [0.15, 0.2) is 24.3 Å². The first-order chi connectivity index (χ1) is 7.97. The van der Waals surface area contributed by atoms with Gasteiger partial charge in [0.2, 0.25) is 0 Å². The zero-order valence-electron chi connectivity index (χ0n) is 9.85. The number of sulfone groups is 1. The van der Waals surface area contributed by atoms with E-state index in [9.17, 15) is 13.2 Å². The van der Waals surface area contributed by atoms with Crippen molar-refractivity contribution in [2.45, 2.75) is 25.2 Å². The van der Waals surface area contributed by atoms with Crippen LogP contribution in [-0.4, -0.2) is 26.2 Å². The Morgan fingerprint density at radius 1 is 1.29 bits per heavy atom. The first-order valence-electron chi connectivity index (χ1n) is 5.77. The number of carbonyl (C=O) groups is 1. The third-order valence-corrected chi connectivity index (χ3v) is 3.99. The Kier molecular flexibility index (Phi) is 3.33. The van der Waals surface area contributed by atoms with Crippen LogP contribution in [0.1, 0.15) is 41.1 Å². The molecule has 0 amide bonds. The monoisotopic (exact) mass is 252 g/mol. The third kappa shape index (κ3) is 2.94. The Hall–Kier alpha value is -1.16. The Morgan fingerprint density at radius 2 is 1.94 bits per heavy atom. The minimum absolute atomic E-state index is 0.282. The van der Waals surface area contributed by atoms with Crippen LogP contribution in [0.3, 0.4) is 0 Å². The number of carbonyl (C=O) groups excluding carboxylic acids is 1. The predicted octanol–water partition coefficient (Wildman–Crippen LogP) is 2.18. The fourth-order valence-corrected chi connectivity index (χ4v) is 2.77. The molecule has 0 aliphatic heterocycles. The Bertz CT molecular complexity index is 527. The van der Waals surface area contributed by atoms with Crippen LogP contribution in [0.5, 0.6) is 0 Å². The molecule has 0 radical (unpaired) electrons. The summed E-state index contributed by atoms with van der Waals surface area (Å²) in [6, 6.07) is 7.38. The first-order valence-corrected chi connectivity index (χ1v) is 7.83. The van der Waals surface area contributed by atoms with E-state index in [0.717, 1.165) is 24.7 Å². The summed E-state index contributed by atoms with van der Waals surface area (Å²) in [5.41, 5.74) is 1.61. The Morgan fingerprint density at radius 3 is 2.47 bits per heavy atom. The van der Waals surface area contributed by atoms with E-state index in [0.29, 0.717) is 11.5 Å². The quantitative estimate of drug-likeness (QED) is 0.772. The van der Waals surface area contributed by atoms with E-state index in [1.165, 1.54) is 6.42 Å². The van der Waals surface area contributed by atoms with Crippen LogP contribution in [0.4, 0.5) is 0 Å². The van der Waals surface area contributed by atoms with Gasteiger partial charge in [0.15, 0.2) is 15.6 Å². The summed E-state index contributed by atoms with van der Waals surface area (Å²) in [6.07, 6.45) is 4.49. The molecule has 0 atom stereocenters. The van der Waals surface area contributed by atoms with E-state index in [1.54, 1.807) is 12.1 Å². The summed E-state index contributed by atoms with van der Waals surface area (Å²) in [6.45, 7) is 0. The number of rotatable bonds is 4. The average Bonchev–Trinajstić information content (AvgIpc) is 2.13. The summed E-state index contributed by atoms with van der Waals surface area (Å²) in [7, 11) is -3.25. The molecule has 0 N–H and O–H groups in total. The van der Waals surface area contributed by atoms with Crippen LogP contribution in [0.25, 0.3) is 0 Å². The van der Waals surface area contributed by atoms with Crippen LogP contribution in [-0.2, 0) is 9.84 Å². The van der Waals surface area contributed by atoms with Gasteiger partial charge in [-0.25, -0.2) is 8.42 Å². The second-order valence-corrected chi connectivity index (χ2v) is 6.85. The molecule has 92 valence electrons. The van der Waals surface area contributed by atoms with Gasteiger partial charge in [0.05, 0.1) is 0 Å². The molecule has 1 aromatic rings. The second-order valence-electron chi connectivity index (χ2n) is 4.71. The lowest BCUT2D eigenvalue weighted by Crippen LogP contribution is -2.19. The zero-order valence-corrected chi connectivity index (χ0v) is 10.7. The Labute approximate surface area is 102 Å². The van der Waals surface area contributed by atoms with Gasteiger partial charge < -0.3 is 0 Å². The summed E-state index contributed by atoms with van der Waals surface area (Å²) < 4.78 is 22.3. The average molecular weight is 252 g/mol. The van der Waals surface area contributed by atoms with Gasteiger partial charge in [-0.2, -0.15) is 0 Å². The predicted molar refractivity (Wildman–Crippen MR) is 67.1 cm³/mol. The van der Waals surface area contributed by atoms with E-state index in [2.05, 4.69) is 0 Å². The molecule has 17 heavy (non-hydrogen) atoms. The normalized spacial score (nSPS) is 16.5. The maximum atomic E-state index is 11.9. The van der Waals surface area contributed by atoms with Gasteiger partial charge >= 0.3 is 0 Å². The topological polar surface area (TPSA) is 51.2 Å². The van der Waals surface area contributed by atoms with E-state index >= 15 is 0 Å². The summed E-state index contributed by atoms with van der Waals surface area (Å²) in [5, 5.41) is 0. The Balaban J connectivity index is 2.28. The van der Waals surface area contributed by atoms with Crippen LogP contribution < -0.4 is 0 Å². The van der Waals surface area contributed by atoms with E-state index < -0.39 is 15.6 Å². The molecule has 1 fully saturated rings. The molecule has 3 nitrogen and oxygen atoms in total. The highest BCUT2D eigenvalue weighted by molar-refractivity contribution is 7.91. The smallest absolute Gasteiger partial charge is 0.178 e. The molecule has 1 aliphatic carbocycles. The van der Waals surface area contributed by atoms with Gasteiger partial charge in [-0.3, -0.25) is 4.79 Å². The van der Waals surface area contributed by atoms with Crippen molar-refractivity contribution >= 4 is 15.6 Å². The van der Waals surface area contributed by atoms with Crippen molar-refractivity contribution in [3.63, 3.8) is 0 Å². The van der Waals surface area contributed by atoms with E-state index in [4.69, 9.17) is 0 Å². The number of hydrogen-bond donors (Lipinski definition) is 0. The number of benzene rings is 1. The molecule has 2 rings (SSSR count). The molecule has 0 spiro atoms. The lowest BCUT2D eigenvalue weighted by molar-refractivity contribution is 0.101. The lowest BCUT2D eigenvalue weighted by atomic mass is 9.78. The fourth-order valence-electron chi connectivity index (χ4n) is 2.14. The largest absolute Gasteiger partial charge is 0.293 e. The minimum atomic E-state index is -3.25. The molecule has 0 heterocycles. The van der Waals surface area contributed by atoms with Gasteiger partial charge in [0, 0.05) is 11.8 Å². The van der Waals surface area contributed by atoms with Gasteiger partial charge in [-0.05, 0) is 24.3 Å². The standard InChI is InChI=1S/C13H16O3S/c1-17(15,16)9-13(14)12-8-3-2-7-11(12)10-5-4-6-10/h2-3,7-8,10H,4-6,9H2,1H3. The van der Waals surface area contributed by atoms with Gasteiger partial charge in [0.1, 0.15) is 5.75 Å². The number of Topliss-reactive ketones (excluding diaryl/α,β-unsaturated/α-hetero) is 1. The summed E-state index contributed by atoms with van der Waals surface area (Å²) in [4.78, 5) is 11.9. The van der Waals surface area contributed by atoms with Crippen LogP contribution in [0, 0.1) is 0 Å². The molecule has 0 bridgehead atoms. The highest BCUT2D eigenvalue weighted by Crippen LogP contribution is 2.38. The van der Waals surface area contributed by atoms with E-state index in [1.807, 2.05) is 12.1 Å². The molecular formula is C13H16O3S. The fraction of sp³-hybridized carbons (Fsp3) is 0.462. The van der Waals surface area contributed by atoms with Crippen molar-refractivity contribution in [1.82, 2.24) is 0 Å². The summed E-state index contributed by atoms with van der Waals surface area (Å²) >= 11 is 0. The third-order valence-electron chi connectivity index (χ3n) is 3.20. The van der Waals surface area contributed by atoms with E-state index in [-0.39, 0.29) is 5.78 Å². The summed E-state index contributed by atoms with van der Waals surface area (Å²) in [5.74, 6) is -0.235. The van der Waals surface area contributed by atoms with Gasteiger partial charge in [-0.1, -0.05) is 30.7 Å². The lowest BCUT2D eigenvalue weighted by Gasteiger charge is -2.27. The van der Waals surface area contributed by atoms with Crippen molar-refractivity contribution in [3.05, 3.63) is 35.4 Å². The van der Waals surface area contributed by atoms with Gasteiger partial charge in [0.25, 0.3) is 0 Å². The molecule has 0 aromatic heterocycles. The highest BCUT2D eigenvalue weighted by Gasteiger charge is 2.25. The number of ketones is 1. The SMILES string of the molecule is CS(=O)(=O)CC(=O)c1ccccc1C1CCC1. The molecule has 4 heteroatoms. The van der Waals surface area contributed by atoms with Crippen LogP contribution >= 0.6 is 0 Å². The minimum Gasteiger partial charge on any atom is -0.293 e. The zero-order chi connectivity index (χ0) is 12.5. The molecule has 1 aliphatic rings. The number of hydrogen-bond acceptors (Lipinski definition) is 3. The molecule has 0 saturated heterocycles. The molecule has 0 unspecified atom stereocenters. The van der Waals surface area contributed by atoms with Gasteiger partial charge in [-0.15, -0.1) is 0 Å². The van der Waals surface area contributed by atoms with Crippen LogP contribution in [0.2, 0.25) is 0 Å². The highest BCUT2D eigenvalue weighted by atomic mass is 32.2. The molecule has 1 aromatic carbocycles. The van der Waals surface area contributed by atoms with Crippen molar-refractivity contribution in [2.75, 3.05) is 12.0 Å². The first kappa shape index (κ1) is 12.3. The molecular weight excluding hydrogens is 236 g/mol. The second kappa shape index (κ2) is 4.61. The van der Waals surface area contributed by atoms with Crippen molar-refractivity contribution in [2.24, 2.45) is 0 Å². The maximum absolute atomic E-state index is 11.9. The van der Waals surface area contributed by atoms with Crippen molar-refractivity contribution in [3.8, 4) is 0 Å². The van der Waals surface area contributed by atoms with Crippen molar-refractivity contribution < 1.29 is 13.2 Å². The maximum Gasteiger partial charge on any atom is 0.178 e.